The lowest BCUT2D eigenvalue weighted by atomic mass is 10.0. The summed E-state index contributed by atoms with van der Waals surface area (Å²) >= 11 is 0. The van der Waals surface area contributed by atoms with Crippen LogP contribution in [0.5, 0.6) is 5.75 Å². The molecule has 0 fully saturated rings. The van der Waals surface area contributed by atoms with E-state index in [2.05, 4.69) is 10.3 Å². The van der Waals surface area contributed by atoms with Gasteiger partial charge in [-0.2, -0.15) is 0 Å². The van der Waals surface area contributed by atoms with Gasteiger partial charge in [0.05, 0.1) is 21.9 Å². The molecule has 1 aliphatic heterocycles. The second-order valence-electron chi connectivity index (χ2n) is 5.51. The Bertz CT molecular complexity index is 1030. The summed E-state index contributed by atoms with van der Waals surface area (Å²) in [7, 11) is -3.20. The average molecular weight is 326 g/mol. The second-order valence-corrected chi connectivity index (χ2v) is 7.58. The van der Waals surface area contributed by atoms with Gasteiger partial charge in [0.25, 0.3) is 0 Å². The smallest absolute Gasteiger partial charge is 0.179 e. The fraction of sp³-hybridized carbons (Fsp3) is 0.118. The van der Waals surface area contributed by atoms with Gasteiger partial charge in [-0.05, 0) is 42.3 Å². The SMILES string of the molecule is O=S1(=O)CCc2c1ccc1nccc(Nc3ccccc3O)c21. The number of nitrogens with one attached hydrogen (secondary N) is 1. The molecule has 1 aromatic heterocycles. The normalized spacial score (nSPS) is 15.5. The first-order valence-electron chi connectivity index (χ1n) is 7.25. The molecule has 0 aliphatic carbocycles. The summed E-state index contributed by atoms with van der Waals surface area (Å²) in [5, 5.41) is 13.9. The zero-order valence-electron chi connectivity index (χ0n) is 12.2. The zero-order valence-corrected chi connectivity index (χ0v) is 13.0. The molecule has 0 saturated carbocycles. The molecule has 3 aromatic rings. The van der Waals surface area contributed by atoms with E-state index < -0.39 is 9.84 Å². The van der Waals surface area contributed by atoms with E-state index in [1.165, 1.54) is 0 Å². The number of fused-ring (bicyclic) bond motifs is 3. The predicted octanol–water partition coefficient (Wildman–Crippen LogP) is 3.01. The highest BCUT2D eigenvalue weighted by atomic mass is 32.2. The number of nitrogens with zero attached hydrogens (tertiary/aromatic N) is 1. The Morgan fingerprint density at radius 1 is 1.04 bits per heavy atom. The summed E-state index contributed by atoms with van der Waals surface area (Å²) in [6.07, 6.45) is 2.15. The molecule has 2 N–H and O–H groups in total. The van der Waals surface area contributed by atoms with Gasteiger partial charge >= 0.3 is 0 Å². The Balaban J connectivity index is 1.95. The van der Waals surface area contributed by atoms with Crippen LogP contribution in [-0.2, 0) is 16.3 Å². The zero-order chi connectivity index (χ0) is 16.0. The van der Waals surface area contributed by atoms with Crippen LogP contribution in [0.1, 0.15) is 5.56 Å². The maximum absolute atomic E-state index is 12.1. The number of para-hydroxylation sites is 2. The summed E-state index contributed by atoms with van der Waals surface area (Å²) in [5.41, 5.74) is 2.85. The predicted molar refractivity (Wildman–Crippen MR) is 88.9 cm³/mol. The fourth-order valence-electron chi connectivity index (χ4n) is 3.01. The second kappa shape index (κ2) is 4.96. The van der Waals surface area contributed by atoms with E-state index in [0.29, 0.717) is 17.0 Å². The first kappa shape index (κ1) is 14.0. The third kappa shape index (κ3) is 2.22. The topological polar surface area (TPSA) is 79.3 Å². The molecule has 0 bridgehead atoms. The van der Waals surface area contributed by atoms with Crippen molar-refractivity contribution in [2.24, 2.45) is 0 Å². The van der Waals surface area contributed by atoms with Crippen LogP contribution in [-0.4, -0.2) is 24.3 Å². The lowest BCUT2D eigenvalue weighted by Crippen LogP contribution is -1.99. The third-order valence-electron chi connectivity index (χ3n) is 4.10. The lowest BCUT2D eigenvalue weighted by Gasteiger charge is -2.13. The van der Waals surface area contributed by atoms with Gasteiger partial charge in [0, 0.05) is 17.3 Å². The molecule has 0 unspecified atom stereocenters. The first-order chi connectivity index (χ1) is 11.1. The van der Waals surface area contributed by atoms with Crippen molar-refractivity contribution in [1.82, 2.24) is 4.98 Å². The number of aryl methyl sites for hydroxylation is 1. The van der Waals surface area contributed by atoms with E-state index in [0.717, 1.165) is 22.2 Å². The summed E-state index contributed by atoms with van der Waals surface area (Å²) in [6.45, 7) is 0. The molecule has 2 aromatic carbocycles. The number of hydrogen-bond acceptors (Lipinski definition) is 5. The van der Waals surface area contributed by atoms with Crippen molar-refractivity contribution in [3.8, 4) is 5.75 Å². The van der Waals surface area contributed by atoms with E-state index in [4.69, 9.17) is 0 Å². The van der Waals surface area contributed by atoms with Gasteiger partial charge in [0.15, 0.2) is 9.84 Å². The fourth-order valence-corrected chi connectivity index (χ4v) is 4.56. The van der Waals surface area contributed by atoms with Crippen LogP contribution in [0.25, 0.3) is 10.9 Å². The van der Waals surface area contributed by atoms with Crippen LogP contribution in [0.4, 0.5) is 11.4 Å². The van der Waals surface area contributed by atoms with E-state index in [-0.39, 0.29) is 11.5 Å². The van der Waals surface area contributed by atoms with Crippen LogP contribution >= 0.6 is 0 Å². The highest BCUT2D eigenvalue weighted by Gasteiger charge is 2.28. The maximum atomic E-state index is 12.1. The number of phenolic OH excluding ortho intramolecular Hbond substituents is 1. The number of aromatic hydroxyl groups is 1. The van der Waals surface area contributed by atoms with Crippen molar-refractivity contribution in [2.75, 3.05) is 11.1 Å². The quantitative estimate of drug-likeness (QED) is 0.708. The van der Waals surface area contributed by atoms with Gasteiger partial charge in [0.1, 0.15) is 5.75 Å². The van der Waals surface area contributed by atoms with E-state index in [1.54, 1.807) is 42.6 Å². The minimum atomic E-state index is -3.20. The Labute approximate surface area is 133 Å². The van der Waals surface area contributed by atoms with Crippen LogP contribution in [0.2, 0.25) is 0 Å². The van der Waals surface area contributed by atoms with Gasteiger partial charge < -0.3 is 10.4 Å². The van der Waals surface area contributed by atoms with Gasteiger partial charge in [-0.1, -0.05) is 12.1 Å². The van der Waals surface area contributed by atoms with Crippen molar-refractivity contribution in [2.45, 2.75) is 11.3 Å². The molecule has 2 heterocycles. The molecular formula is C17H14N2O3S. The molecule has 1 aliphatic rings. The molecular weight excluding hydrogens is 312 g/mol. The van der Waals surface area contributed by atoms with Gasteiger partial charge in [-0.15, -0.1) is 0 Å². The molecule has 23 heavy (non-hydrogen) atoms. The Morgan fingerprint density at radius 2 is 1.87 bits per heavy atom. The van der Waals surface area contributed by atoms with Crippen LogP contribution < -0.4 is 5.32 Å². The monoisotopic (exact) mass is 326 g/mol. The van der Waals surface area contributed by atoms with Crippen molar-refractivity contribution in [1.29, 1.82) is 0 Å². The largest absolute Gasteiger partial charge is 0.506 e. The lowest BCUT2D eigenvalue weighted by molar-refractivity contribution is 0.478. The van der Waals surface area contributed by atoms with Crippen LogP contribution in [0.15, 0.2) is 53.6 Å². The Morgan fingerprint density at radius 3 is 2.70 bits per heavy atom. The average Bonchev–Trinajstić information content (AvgIpc) is 2.85. The van der Waals surface area contributed by atoms with E-state index in [1.807, 2.05) is 6.07 Å². The molecule has 0 spiro atoms. The third-order valence-corrected chi connectivity index (χ3v) is 5.90. The minimum absolute atomic E-state index is 0.131. The van der Waals surface area contributed by atoms with Crippen molar-refractivity contribution < 1.29 is 13.5 Å². The van der Waals surface area contributed by atoms with Crippen LogP contribution in [0.3, 0.4) is 0 Å². The summed E-state index contributed by atoms with van der Waals surface area (Å²) in [6, 6.07) is 12.1. The van der Waals surface area contributed by atoms with E-state index in [9.17, 15) is 13.5 Å². The number of hydrogen-bond donors (Lipinski definition) is 2. The Hall–Kier alpha value is -2.60. The standard InChI is InChI=1S/C17H14N2O3S/c20-15-4-2-1-3-12(15)19-14-7-9-18-13-5-6-16-11(17(13)14)8-10-23(16,21)22/h1-7,9,20H,8,10H2,(H,18,19). The molecule has 0 atom stereocenters. The number of rotatable bonds is 2. The highest BCUT2D eigenvalue weighted by Crippen LogP contribution is 2.37. The van der Waals surface area contributed by atoms with Crippen molar-refractivity contribution >= 4 is 32.1 Å². The van der Waals surface area contributed by atoms with Gasteiger partial charge in [-0.3, -0.25) is 4.98 Å². The van der Waals surface area contributed by atoms with Gasteiger partial charge in [0.2, 0.25) is 0 Å². The summed E-state index contributed by atoms with van der Waals surface area (Å²) < 4.78 is 24.3. The number of sulfone groups is 1. The number of aromatic nitrogens is 1. The van der Waals surface area contributed by atoms with Crippen LogP contribution in [0, 0.1) is 0 Å². The molecule has 0 saturated heterocycles. The van der Waals surface area contributed by atoms with E-state index >= 15 is 0 Å². The first-order valence-corrected chi connectivity index (χ1v) is 8.90. The number of phenols is 1. The van der Waals surface area contributed by atoms with Gasteiger partial charge in [-0.25, -0.2) is 8.42 Å². The highest BCUT2D eigenvalue weighted by molar-refractivity contribution is 7.91. The molecule has 0 radical (unpaired) electrons. The number of pyridine rings is 1. The summed E-state index contributed by atoms with van der Waals surface area (Å²) in [4.78, 5) is 4.72. The number of benzene rings is 2. The molecule has 116 valence electrons. The molecule has 5 nitrogen and oxygen atoms in total. The molecule has 4 rings (SSSR count). The van der Waals surface area contributed by atoms with Crippen molar-refractivity contribution in [3.05, 3.63) is 54.2 Å². The minimum Gasteiger partial charge on any atom is -0.506 e. The molecule has 0 amide bonds. The summed E-state index contributed by atoms with van der Waals surface area (Å²) in [5.74, 6) is 0.268. The number of anilines is 2. The maximum Gasteiger partial charge on any atom is 0.179 e. The molecule has 6 heteroatoms. The van der Waals surface area contributed by atoms with Crippen molar-refractivity contribution in [3.63, 3.8) is 0 Å². The Kier molecular flexibility index (Phi) is 3.02.